The lowest BCUT2D eigenvalue weighted by Gasteiger charge is -2.37. The second kappa shape index (κ2) is 12.4. The Morgan fingerprint density at radius 1 is 1.21 bits per heavy atom. The standard InChI is InChI=1S/C26H34F3N3O6/c27-23-14(3-8-17-18(23)13-32(25(17)36)20(24(30)35)9-10-22(33)34)12-21-19(2-1-11-37-21)31-15-4-6-16(7-5-15)38-26(28)29/h3,8,15-16,19-21,26,31H,1-2,4-7,9-13H2,(H2,30,35)(H,33,34)/t15?,16?,19-,20?,21+/m0/s1. The number of nitrogens with two attached hydrogens (primary N) is 1. The fourth-order valence-electron chi connectivity index (χ4n) is 5.81. The van der Waals surface area contributed by atoms with Crippen LogP contribution in [0.15, 0.2) is 12.1 Å². The zero-order valence-electron chi connectivity index (χ0n) is 21.0. The number of hydrogen-bond donors (Lipinski definition) is 3. The summed E-state index contributed by atoms with van der Waals surface area (Å²) in [5.41, 5.74) is 6.10. The normalized spacial score (nSPS) is 26.4. The summed E-state index contributed by atoms with van der Waals surface area (Å²) in [5.74, 6) is -3.07. The molecule has 0 spiro atoms. The molecule has 3 atom stereocenters. The number of halogens is 3. The first-order chi connectivity index (χ1) is 18.1. The van der Waals surface area contributed by atoms with Crippen LogP contribution in [0.25, 0.3) is 0 Å². The first kappa shape index (κ1) is 28.3. The van der Waals surface area contributed by atoms with Gasteiger partial charge in [-0.15, -0.1) is 0 Å². The van der Waals surface area contributed by atoms with Crippen LogP contribution < -0.4 is 11.1 Å². The van der Waals surface area contributed by atoms with E-state index in [2.05, 4.69) is 10.1 Å². The fraction of sp³-hybridized carbons (Fsp3) is 0.654. The minimum atomic E-state index is -2.77. The summed E-state index contributed by atoms with van der Waals surface area (Å²) in [6.07, 6.45) is 3.19. The number of alkyl halides is 2. The molecule has 2 amide bonds. The van der Waals surface area contributed by atoms with Gasteiger partial charge >= 0.3 is 12.6 Å². The van der Waals surface area contributed by atoms with Gasteiger partial charge in [-0.1, -0.05) is 6.07 Å². The minimum Gasteiger partial charge on any atom is -0.481 e. The zero-order chi connectivity index (χ0) is 27.4. The SMILES string of the molecule is NC(=O)C(CCC(=O)O)N1Cc2c(ccc(C[C@H]3OCCC[C@@H]3NC3CCC(OC(F)F)CC3)c2F)C1=O. The molecule has 9 nitrogen and oxygen atoms in total. The number of carboxylic acids is 1. The zero-order valence-corrected chi connectivity index (χ0v) is 21.0. The number of fused-ring (bicyclic) bond motifs is 1. The number of carboxylic acid groups (broad SMARTS) is 1. The van der Waals surface area contributed by atoms with Gasteiger partial charge in [0.25, 0.3) is 5.91 Å². The van der Waals surface area contributed by atoms with E-state index in [0.717, 1.165) is 17.7 Å². The average molecular weight is 542 g/mol. The molecule has 1 aromatic carbocycles. The Balaban J connectivity index is 1.42. The van der Waals surface area contributed by atoms with Crippen LogP contribution in [0.2, 0.25) is 0 Å². The van der Waals surface area contributed by atoms with E-state index in [1.807, 2.05) is 0 Å². The number of carbonyl (C=O) groups is 3. The van der Waals surface area contributed by atoms with Gasteiger partial charge in [0.15, 0.2) is 0 Å². The van der Waals surface area contributed by atoms with E-state index in [1.165, 1.54) is 6.07 Å². The Morgan fingerprint density at radius 3 is 2.61 bits per heavy atom. The molecule has 1 saturated heterocycles. The van der Waals surface area contributed by atoms with Crippen molar-refractivity contribution in [1.82, 2.24) is 10.2 Å². The van der Waals surface area contributed by atoms with E-state index in [9.17, 15) is 23.2 Å². The molecule has 1 aromatic rings. The third-order valence-corrected chi connectivity index (χ3v) is 7.76. The first-order valence-electron chi connectivity index (χ1n) is 13.1. The monoisotopic (exact) mass is 541 g/mol. The number of nitrogens with one attached hydrogen (secondary N) is 1. The van der Waals surface area contributed by atoms with Crippen molar-refractivity contribution < 1.29 is 42.1 Å². The van der Waals surface area contributed by atoms with Gasteiger partial charge in [0.2, 0.25) is 5.91 Å². The maximum absolute atomic E-state index is 15.6. The van der Waals surface area contributed by atoms with E-state index < -0.39 is 42.4 Å². The number of carbonyl (C=O) groups excluding carboxylic acids is 2. The average Bonchev–Trinajstić information content (AvgIpc) is 3.19. The van der Waals surface area contributed by atoms with Gasteiger partial charge in [0, 0.05) is 42.7 Å². The van der Waals surface area contributed by atoms with Crippen LogP contribution in [0.5, 0.6) is 0 Å². The fourth-order valence-corrected chi connectivity index (χ4v) is 5.81. The highest BCUT2D eigenvalue weighted by atomic mass is 19.3. The molecule has 2 fully saturated rings. The van der Waals surface area contributed by atoms with Crippen molar-refractivity contribution in [1.29, 1.82) is 0 Å². The van der Waals surface area contributed by atoms with Crippen LogP contribution in [0.4, 0.5) is 13.2 Å². The van der Waals surface area contributed by atoms with Gasteiger partial charge in [-0.3, -0.25) is 14.4 Å². The largest absolute Gasteiger partial charge is 0.481 e. The number of nitrogens with zero attached hydrogens (tertiary/aromatic N) is 1. The molecule has 2 heterocycles. The molecule has 2 aliphatic heterocycles. The van der Waals surface area contributed by atoms with Crippen LogP contribution in [0, 0.1) is 5.82 Å². The van der Waals surface area contributed by atoms with Crippen LogP contribution in [0.3, 0.4) is 0 Å². The van der Waals surface area contributed by atoms with Crippen LogP contribution >= 0.6 is 0 Å². The van der Waals surface area contributed by atoms with E-state index in [-0.39, 0.29) is 55.1 Å². The second-order valence-corrected chi connectivity index (χ2v) is 10.2. The molecular formula is C26H34F3N3O6. The third-order valence-electron chi connectivity index (χ3n) is 7.76. The number of hydrogen-bond acceptors (Lipinski definition) is 6. The minimum absolute atomic E-state index is 0.0395. The van der Waals surface area contributed by atoms with E-state index >= 15 is 4.39 Å². The van der Waals surface area contributed by atoms with Crippen LogP contribution in [0.1, 0.15) is 72.9 Å². The predicted molar refractivity (Wildman–Crippen MR) is 129 cm³/mol. The van der Waals surface area contributed by atoms with Gasteiger partial charge in [-0.2, -0.15) is 8.78 Å². The van der Waals surface area contributed by atoms with Crippen molar-refractivity contribution >= 4 is 17.8 Å². The third kappa shape index (κ3) is 6.65. The summed E-state index contributed by atoms with van der Waals surface area (Å²) in [6, 6.07) is 2.02. The molecule has 0 radical (unpaired) electrons. The Kier molecular flexibility index (Phi) is 9.27. The second-order valence-electron chi connectivity index (χ2n) is 10.2. The highest BCUT2D eigenvalue weighted by Crippen LogP contribution is 2.32. The molecule has 0 bridgehead atoms. The maximum Gasteiger partial charge on any atom is 0.345 e. The van der Waals surface area contributed by atoms with Crippen LogP contribution in [-0.4, -0.2) is 71.3 Å². The summed E-state index contributed by atoms with van der Waals surface area (Å²) in [5, 5.41) is 12.6. The summed E-state index contributed by atoms with van der Waals surface area (Å²) in [6.45, 7) is -2.39. The van der Waals surface area contributed by atoms with Crippen molar-refractivity contribution in [2.75, 3.05) is 6.61 Å². The number of aliphatic carboxylic acids is 1. The summed E-state index contributed by atoms with van der Waals surface area (Å²) in [4.78, 5) is 37.0. The molecular weight excluding hydrogens is 507 g/mol. The summed E-state index contributed by atoms with van der Waals surface area (Å²) in [7, 11) is 0. The van der Waals surface area contributed by atoms with Gasteiger partial charge < -0.3 is 30.5 Å². The Hall–Kier alpha value is -2.70. The van der Waals surface area contributed by atoms with Crippen molar-refractivity contribution in [2.45, 2.75) is 101 Å². The molecule has 3 aliphatic rings. The molecule has 38 heavy (non-hydrogen) atoms. The van der Waals surface area contributed by atoms with Gasteiger partial charge in [0.1, 0.15) is 11.9 Å². The van der Waals surface area contributed by atoms with Crippen molar-refractivity contribution in [3.05, 3.63) is 34.6 Å². The number of rotatable bonds is 11. The van der Waals surface area contributed by atoms with Crippen molar-refractivity contribution in [3.8, 4) is 0 Å². The number of ether oxygens (including phenoxy) is 2. The summed E-state index contributed by atoms with van der Waals surface area (Å²) < 4.78 is 51.3. The lowest BCUT2D eigenvalue weighted by Crippen LogP contribution is -2.51. The number of amides is 2. The highest BCUT2D eigenvalue weighted by Gasteiger charge is 2.38. The summed E-state index contributed by atoms with van der Waals surface area (Å²) >= 11 is 0. The van der Waals surface area contributed by atoms with Gasteiger partial charge in [0.05, 0.1) is 18.8 Å². The first-order valence-corrected chi connectivity index (χ1v) is 13.1. The molecule has 4 rings (SSSR count). The quantitative estimate of drug-likeness (QED) is 0.393. The smallest absolute Gasteiger partial charge is 0.345 e. The molecule has 1 aliphatic carbocycles. The van der Waals surface area contributed by atoms with Gasteiger partial charge in [-0.05, 0) is 56.6 Å². The molecule has 12 heteroatoms. The Labute approximate surface area is 218 Å². The van der Waals surface area contributed by atoms with E-state index in [0.29, 0.717) is 37.9 Å². The maximum atomic E-state index is 15.6. The molecule has 1 unspecified atom stereocenters. The van der Waals surface area contributed by atoms with Gasteiger partial charge in [-0.25, -0.2) is 4.39 Å². The van der Waals surface area contributed by atoms with Crippen LogP contribution in [-0.2, 0) is 32.0 Å². The lowest BCUT2D eigenvalue weighted by molar-refractivity contribution is -0.170. The molecule has 4 N–H and O–H groups in total. The predicted octanol–water partition coefficient (Wildman–Crippen LogP) is 2.73. The molecule has 1 saturated carbocycles. The van der Waals surface area contributed by atoms with Crippen molar-refractivity contribution in [3.63, 3.8) is 0 Å². The number of primary amides is 1. The molecule has 0 aromatic heterocycles. The lowest BCUT2D eigenvalue weighted by atomic mass is 9.89. The highest BCUT2D eigenvalue weighted by molar-refractivity contribution is 6.01. The van der Waals surface area contributed by atoms with E-state index in [1.54, 1.807) is 6.07 Å². The van der Waals surface area contributed by atoms with E-state index in [4.69, 9.17) is 15.6 Å². The topological polar surface area (TPSA) is 131 Å². The Morgan fingerprint density at radius 2 is 1.95 bits per heavy atom. The molecule has 210 valence electrons. The number of benzene rings is 1. The van der Waals surface area contributed by atoms with Crippen molar-refractivity contribution in [2.24, 2.45) is 5.73 Å². The Bertz CT molecular complexity index is 1030.